The maximum atomic E-state index is 13.5. The van der Waals surface area contributed by atoms with Gasteiger partial charge in [0.25, 0.3) is 0 Å². The first-order chi connectivity index (χ1) is 14.3. The van der Waals surface area contributed by atoms with Crippen LogP contribution in [0.5, 0.6) is 5.75 Å². The summed E-state index contributed by atoms with van der Waals surface area (Å²) < 4.78 is 5.78. The Balaban J connectivity index is 1.62. The number of ether oxygens (including phenoxy) is 1. The second-order valence-corrected chi connectivity index (χ2v) is 8.37. The molecule has 4 rings (SSSR count). The van der Waals surface area contributed by atoms with Crippen LogP contribution in [-0.4, -0.2) is 23.5 Å². The number of nitrogens with zero attached hydrogens (tertiary/aromatic N) is 1. The van der Waals surface area contributed by atoms with Crippen molar-refractivity contribution in [2.45, 2.75) is 44.9 Å². The van der Waals surface area contributed by atoms with Gasteiger partial charge in [-0.25, -0.2) is 0 Å². The van der Waals surface area contributed by atoms with Crippen LogP contribution in [-0.2, 0) is 16.6 Å². The average molecular weight is 401 g/mol. The molecule has 0 amide bonds. The summed E-state index contributed by atoms with van der Waals surface area (Å²) in [4.78, 5) is 24.1. The van der Waals surface area contributed by atoms with Gasteiger partial charge >= 0.3 is 5.97 Å². The highest BCUT2D eigenvalue weighted by atomic mass is 16.5. The van der Waals surface area contributed by atoms with E-state index in [1.54, 1.807) is 6.07 Å². The van der Waals surface area contributed by atoms with Crippen LogP contribution in [0.2, 0.25) is 0 Å². The summed E-state index contributed by atoms with van der Waals surface area (Å²) >= 11 is 0. The lowest BCUT2D eigenvalue weighted by Gasteiger charge is -2.34. The minimum absolute atomic E-state index is 0.000824. The predicted molar refractivity (Wildman–Crippen MR) is 113 cm³/mol. The van der Waals surface area contributed by atoms with E-state index in [9.17, 15) is 14.9 Å². The van der Waals surface area contributed by atoms with Gasteiger partial charge in [0.15, 0.2) is 5.78 Å². The molecule has 0 bridgehead atoms. The third-order valence-electron chi connectivity index (χ3n) is 6.12. The minimum atomic E-state index is -0.806. The average Bonchev–Trinajstić information content (AvgIpc) is 3.11. The number of carboxylic acids is 1. The van der Waals surface area contributed by atoms with Gasteiger partial charge in [0.1, 0.15) is 5.75 Å². The third kappa shape index (κ3) is 3.29. The van der Waals surface area contributed by atoms with E-state index in [4.69, 9.17) is 9.84 Å². The number of rotatable bonds is 6. The van der Waals surface area contributed by atoms with Gasteiger partial charge in [-0.3, -0.25) is 9.59 Å². The summed E-state index contributed by atoms with van der Waals surface area (Å²) in [7, 11) is 0. The number of hydrogen-bond acceptors (Lipinski definition) is 4. The molecule has 0 radical (unpaired) electrons. The van der Waals surface area contributed by atoms with Gasteiger partial charge in [-0.15, -0.1) is 0 Å². The molecule has 2 aromatic rings. The summed E-state index contributed by atoms with van der Waals surface area (Å²) in [5.74, 6) is -0.186. The van der Waals surface area contributed by atoms with Crippen molar-refractivity contribution in [3.05, 3.63) is 69.8 Å². The van der Waals surface area contributed by atoms with E-state index in [0.29, 0.717) is 42.7 Å². The number of carboxylic acid groups (broad SMARTS) is 1. The monoisotopic (exact) mass is 401 g/mol. The third-order valence-corrected chi connectivity index (χ3v) is 6.12. The number of hydrogen-bond donors (Lipinski definition) is 1. The van der Waals surface area contributed by atoms with Crippen molar-refractivity contribution >= 4 is 17.3 Å². The van der Waals surface area contributed by atoms with E-state index < -0.39 is 5.97 Å². The van der Waals surface area contributed by atoms with Crippen molar-refractivity contribution in [3.8, 4) is 11.8 Å². The van der Waals surface area contributed by atoms with Crippen LogP contribution in [0.4, 0.5) is 0 Å². The molecule has 2 aliphatic carbocycles. The lowest BCUT2D eigenvalue weighted by molar-refractivity contribution is -0.137. The summed E-state index contributed by atoms with van der Waals surface area (Å²) in [6.45, 7) is 4.69. The molecular weight excluding hydrogens is 378 g/mol. The molecule has 2 aromatic carbocycles. The second-order valence-electron chi connectivity index (χ2n) is 8.37. The van der Waals surface area contributed by atoms with E-state index in [0.717, 1.165) is 27.8 Å². The Bertz CT molecular complexity index is 1130. The van der Waals surface area contributed by atoms with E-state index >= 15 is 0 Å². The van der Waals surface area contributed by atoms with E-state index in [-0.39, 0.29) is 17.6 Å². The number of allylic oxidation sites excluding steroid dienone is 2. The Morgan fingerprint density at radius 3 is 2.70 bits per heavy atom. The summed E-state index contributed by atoms with van der Waals surface area (Å²) in [5, 5.41) is 17.9. The van der Waals surface area contributed by atoms with Gasteiger partial charge in [0.2, 0.25) is 0 Å². The highest BCUT2D eigenvalue weighted by molar-refractivity contribution is 6.33. The molecule has 0 heterocycles. The minimum Gasteiger partial charge on any atom is -0.494 e. The summed E-state index contributed by atoms with van der Waals surface area (Å²) in [6.07, 6.45) is 2.01. The first kappa shape index (κ1) is 19.9. The number of fused-ring (bicyclic) bond motifs is 3. The quantitative estimate of drug-likeness (QED) is 0.711. The number of ketones is 1. The smallest absolute Gasteiger partial charge is 0.303 e. The number of Topliss-reactive ketones (excluding diaryl/α,β-unsaturated/α-hetero) is 1. The van der Waals surface area contributed by atoms with Gasteiger partial charge < -0.3 is 9.84 Å². The zero-order valence-electron chi connectivity index (χ0n) is 17.1. The van der Waals surface area contributed by atoms with Gasteiger partial charge in [-0.05, 0) is 65.8 Å². The summed E-state index contributed by atoms with van der Waals surface area (Å²) in [5.41, 5.74) is 5.76. The van der Waals surface area contributed by atoms with Gasteiger partial charge in [-0.2, -0.15) is 5.26 Å². The van der Waals surface area contributed by atoms with E-state index in [1.165, 1.54) is 0 Å². The van der Waals surface area contributed by atoms with E-state index in [1.807, 2.05) is 30.3 Å². The first-order valence-electron chi connectivity index (χ1n) is 10.1. The van der Waals surface area contributed by atoms with Crippen LogP contribution >= 0.6 is 0 Å². The van der Waals surface area contributed by atoms with Crippen LogP contribution in [0.15, 0.2) is 42.0 Å². The van der Waals surface area contributed by atoms with Crippen molar-refractivity contribution in [1.29, 1.82) is 5.26 Å². The molecule has 0 spiro atoms. The number of aliphatic carboxylic acids is 1. The van der Waals surface area contributed by atoms with Crippen LogP contribution < -0.4 is 4.74 Å². The SMILES string of the molecule is CC1(C)C2=C(C(=O)c3cc(OCCCCC(=O)O)ccc31)c1ccc(C#N)cc1C2. The topological polar surface area (TPSA) is 87.4 Å². The highest BCUT2D eigenvalue weighted by Crippen LogP contribution is 2.50. The predicted octanol–water partition coefficient (Wildman–Crippen LogP) is 4.68. The molecule has 0 aliphatic heterocycles. The van der Waals surface area contributed by atoms with Crippen molar-refractivity contribution < 1.29 is 19.4 Å². The van der Waals surface area contributed by atoms with Crippen LogP contribution in [0, 0.1) is 11.3 Å². The molecule has 0 atom stereocenters. The maximum absolute atomic E-state index is 13.5. The molecule has 2 aliphatic rings. The molecule has 1 N–H and O–H groups in total. The maximum Gasteiger partial charge on any atom is 0.303 e. The Morgan fingerprint density at radius 1 is 1.17 bits per heavy atom. The molecule has 30 heavy (non-hydrogen) atoms. The lowest BCUT2D eigenvalue weighted by Crippen LogP contribution is -2.29. The molecule has 0 fully saturated rings. The molecule has 0 aromatic heterocycles. The van der Waals surface area contributed by atoms with Gasteiger partial charge in [0, 0.05) is 23.0 Å². The van der Waals surface area contributed by atoms with E-state index in [2.05, 4.69) is 19.9 Å². The van der Waals surface area contributed by atoms with Crippen molar-refractivity contribution in [3.63, 3.8) is 0 Å². The number of carbonyl (C=O) groups excluding carboxylic acids is 1. The van der Waals surface area contributed by atoms with Crippen LogP contribution in [0.25, 0.3) is 5.57 Å². The highest BCUT2D eigenvalue weighted by Gasteiger charge is 2.42. The van der Waals surface area contributed by atoms with Crippen molar-refractivity contribution in [1.82, 2.24) is 0 Å². The molecule has 5 nitrogen and oxygen atoms in total. The fourth-order valence-electron chi connectivity index (χ4n) is 4.50. The largest absolute Gasteiger partial charge is 0.494 e. The van der Waals surface area contributed by atoms with Crippen molar-refractivity contribution in [2.75, 3.05) is 6.61 Å². The van der Waals surface area contributed by atoms with Gasteiger partial charge in [-0.1, -0.05) is 26.0 Å². The Hall–Kier alpha value is -3.39. The molecule has 152 valence electrons. The second kappa shape index (κ2) is 7.46. The van der Waals surface area contributed by atoms with Gasteiger partial charge in [0.05, 0.1) is 18.2 Å². The first-order valence-corrected chi connectivity index (χ1v) is 10.1. The van der Waals surface area contributed by atoms with Crippen LogP contribution in [0.3, 0.4) is 0 Å². The summed E-state index contributed by atoms with van der Waals surface area (Å²) in [6, 6.07) is 13.4. The number of carbonyl (C=O) groups is 2. The van der Waals surface area contributed by atoms with Crippen LogP contribution in [0.1, 0.15) is 65.7 Å². The molecular formula is C25H23NO4. The number of unbranched alkanes of at least 4 members (excludes halogenated alkanes) is 1. The normalized spacial score (nSPS) is 15.8. The molecule has 0 saturated carbocycles. The Morgan fingerprint density at radius 2 is 1.97 bits per heavy atom. The Kier molecular flexibility index (Phi) is 4.95. The number of nitriles is 1. The fraction of sp³-hybridized carbons (Fsp3) is 0.320. The zero-order valence-corrected chi connectivity index (χ0v) is 17.1. The number of benzene rings is 2. The lowest BCUT2D eigenvalue weighted by atomic mass is 9.68. The fourth-order valence-corrected chi connectivity index (χ4v) is 4.50. The standard InChI is InChI=1S/C25H23NO4/c1-25(2)20-9-7-17(30-10-4-3-5-22(27)28)13-19(20)24(29)23-18-8-6-15(14-26)11-16(18)12-21(23)25/h6-9,11,13H,3-5,10,12H2,1-2H3,(H,27,28). The van der Waals surface area contributed by atoms with Crippen molar-refractivity contribution in [2.24, 2.45) is 0 Å². The molecule has 0 saturated heterocycles. The molecule has 0 unspecified atom stereocenters. The molecule has 5 heteroatoms. The zero-order chi connectivity index (χ0) is 21.5. The Labute approximate surface area is 175 Å².